The van der Waals surface area contributed by atoms with E-state index >= 15 is 0 Å². The molecule has 1 aliphatic carbocycles. The lowest BCUT2D eigenvalue weighted by Crippen LogP contribution is -2.38. The van der Waals surface area contributed by atoms with E-state index in [0.717, 1.165) is 34.7 Å². The van der Waals surface area contributed by atoms with E-state index in [2.05, 4.69) is 17.6 Å². The number of carbonyl (C=O) groups excluding carboxylic acids is 1. The average Bonchev–Trinajstić information content (AvgIpc) is 2.93. The third-order valence-corrected chi connectivity index (χ3v) is 6.01. The Hall–Kier alpha value is -2.01. The predicted octanol–water partition coefficient (Wildman–Crippen LogP) is 4.13. The number of amides is 1. The van der Waals surface area contributed by atoms with Gasteiger partial charge < -0.3 is 15.4 Å². The van der Waals surface area contributed by atoms with Crippen LogP contribution in [0, 0.1) is 5.92 Å². The molecule has 0 saturated carbocycles. The van der Waals surface area contributed by atoms with E-state index in [1.807, 2.05) is 31.2 Å². The van der Waals surface area contributed by atoms with Crippen LogP contribution in [0.2, 0.25) is 0 Å². The molecule has 0 bridgehead atoms. The van der Waals surface area contributed by atoms with Crippen molar-refractivity contribution >= 4 is 22.2 Å². The lowest BCUT2D eigenvalue weighted by Gasteiger charge is -2.28. The summed E-state index contributed by atoms with van der Waals surface area (Å²) in [5.74, 6) is 1.55. The first-order valence-corrected chi connectivity index (χ1v) is 9.42. The van der Waals surface area contributed by atoms with E-state index in [9.17, 15) is 4.79 Å². The third kappa shape index (κ3) is 2.57. The van der Waals surface area contributed by atoms with Gasteiger partial charge in [0, 0.05) is 10.4 Å². The molecule has 4 rings (SSSR count). The zero-order chi connectivity index (χ0) is 16.7. The third-order valence-electron chi connectivity index (χ3n) is 4.82. The van der Waals surface area contributed by atoms with Gasteiger partial charge in [0.1, 0.15) is 16.9 Å². The van der Waals surface area contributed by atoms with E-state index in [1.54, 1.807) is 11.3 Å². The number of anilines is 1. The maximum absolute atomic E-state index is 12.8. The van der Waals surface area contributed by atoms with Crippen molar-refractivity contribution in [2.24, 2.45) is 5.92 Å². The van der Waals surface area contributed by atoms with E-state index in [1.165, 1.54) is 16.9 Å². The molecule has 2 heterocycles. The van der Waals surface area contributed by atoms with Crippen LogP contribution >= 0.6 is 11.3 Å². The molecule has 0 radical (unpaired) electrons. The fourth-order valence-corrected chi connectivity index (χ4v) is 5.06. The van der Waals surface area contributed by atoms with Crippen LogP contribution in [-0.4, -0.2) is 12.5 Å². The van der Waals surface area contributed by atoms with Crippen LogP contribution in [0.25, 0.3) is 0 Å². The second-order valence-electron chi connectivity index (χ2n) is 6.58. The van der Waals surface area contributed by atoms with Crippen molar-refractivity contribution in [3.8, 4) is 5.75 Å². The highest BCUT2D eigenvalue weighted by Crippen LogP contribution is 2.43. The van der Waals surface area contributed by atoms with Gasteiger partial charge in [-0.15, -0.1) is 11.3 Å². The van der Waals surface area contributed by atoms with Crippen molar-refractivity contribution in [3.05, 3.63) is 45.8 Å². The Labute approximate surface area is 146 Å². The Bertz CT molecular complexity index is 784. The molecule has 2 aromatic rings. The van der Waals surface area contributed by atoms with Gasteiger partial charge in [0.05, 0.1) is 12.2 Å². The summed E-state index contributed by atoms with van der Waals surface area (Å²) in [4.78, 5) is 14.1. The minimum atomic E-state index is -0.245. The number of carbonyl (C=O) groups is 1. The van der Waals surface area contributed by atoms with Crippen LogP contribution in [-0.2, 0) is 12.8 Å². The summed E-state index contributed by atoms with van der Waals surface area (Å²) in [6.45, 7) is 4.86. The Balaban J connectivity index is 1.69. The van der Waals surface area contributed by atoms with E-state index in [4.69, 9.17) is 4.74 Å². The number of rotatable bonds is 3. The number of ether oxygens (including phenoxy) is 1. The van der Waals surface area contributed by atoms with Gasteiger partial charge in [-0.1, -0.05) is 25.1 Å². The van der Waals surface area contributed by atoms with Crippen LogP contribution in [0.4, 0.5) is 5.00 Å². The standard InChI is InChI=1S/C19H22N2O2S/c1-3-23-14-7-5-4-6-12(14)17-20-18(22)16-13-9-8-11(2)10-15(13)24-19(16)21-17/h4-7,11,17,21H,3,8-10H2,1-2H3,(H,20,22)/t11-,17-/m1/s1. The number of fused-ring (bicyclic) bond motifs is 3. The normalized spacial score (nSPS) is 22.2. The van der Waals surface area contributed by atoms with Gasteiger partial charge in [-0.05, 0) is 43.7 Å². The molecule has 1 aliphatic heterocycles. The largest absolute Gasteiger partial charge is 0.493 e. The molecule has 2 aliphatic rings. The number of nitrogens with one attached hydrogen (secondary N) is 2. The molecule has 24 heavy (non-hydrogen) atoms. The van der Waals surface area contributed by atoms with Crippen molar-refractivity contribution in [1.29, 1.82) is 0 Å². The van der Waals surface area contributed by atoms with Gasteiger partial charge in [-0.25, -0.2) is 0 Å². The SMILES string of the molecule is CCOc1ccccc1[C@@H]1NC(=O)c2c(sc3c2CC[C@@H](C)C3)N1. The molecule has 0 spiro atoms. The van der Waals surface area contributed by atoms with Gasteiger partial charge in [0.2, 0.25) is 0 Å². The first-order chi connectivity index (χ1) is 11.7. The summed E-state index contributed by atoms with van der Waals surface area (Å²) < 4.78 is 5.72. The Kier molecular flexibility index (Phi) is 3.96. The summed E-state index contributed by atoms with van der Waals surface area (Å²) in [5.41, 5.74) is 3.10. The summed E-state index contributed by atoms with van der Waals surface area (Å²) in [5, 5.41) is 7.64. The lowest BCUT2D eigenvalue weighted by atomic mass is 9.88. The van der Waals surface area contributed by atoms with E-state index < -0.39 is 0 Å². The van der Waals surface area contributed by atoms with Crippen molar-refractivity contribution in [2.75, 3.05) is 11.9 Å². The maximum atomic E-state index is 12.8. The topological polar surface area (TPSA) is 50.4 Å². The number of para-hydroxylation sites is 1. The van der Waals surface area contributed by atoms with Crippen LogP contribution in [0.15, 0.2) is 24.3 Å². The molecule has 1 aromatic heterocycles. The van der Waals surface area contributed by atoms with E-state index in [-0.39, 0.29) is 12.1 Å². The Morgan fingerprint density at radius 2 is 2.12 bits per heavy atom. The highest BCUT2D eigenvalue weighted by molar-refractivity contribution is 7.16. The smallest absolute Gasteiger partial charge is 0.256 e. The maximum Gasteiger partial charge on any atom is 0.256 e. The first-order valence-electron chi connectivity index (χ1n) is 8.61. The zero-order valence-corrected chi connectivity index (χ0v) is 14.8. The molecule has 0 saturated heterocycles. The molecule has 2 N–H and O–H groups in total. The van der Waals surface area contributed by atoms with Crippen molar-refractivity contribution < 1.29 is 9.53 Å². The molecular weight excluding hydrogens is 320 g/mol. The monoisotopic (exact) mass is 342 g/mol. The zero-order valence-electron chi connectivity index (χ0n) is 14.0. The highest BCUT2D eigenvalue weighted by Gasteiger charge is 2.33. The molecule has 1 aromatic carbocycles. The second-order valence-corrected chi connectivity index (χ2v) is 7.68. The predicted molar refractivity (Wildman–Crippen MR) is 96.9 cm³/mol. The minimum Gasteiger partial charge on any atom is -0.493 e. The number of thiophene rings is 1. The molecule has 126 valence electrons. The van der Waals surface area contributed by atoms with Gasteiger partial charge in [0.25, 0.3) is 5.91 Å². The van der Waals surface area contributed by atoms with Crippen LogP contribution in [0.1, 0.15) is 52.8 Å². The number of hydrogen-bond acceptors (Lipinski definition) is 4. The molecule has 5 heteroatoms. The van der Waals surface area contributed by atoms with Crippen LogP contribution in [0.3, 0.4) is 0 Å². The van der Waals surface area contributed by atoms with Gasteiger partial charge >= 0.3 is 0 Å². The number of hydrogen-bond donors (Lipinski definition) is 2. The fraction of sp³-hybridized carbons (Fsp3) is 0.421. The summed E-state index contributed by atoms with van der Waals surface area (Å²) in [7, 11) is 0. The molecule has 0 unspecified atom stereocenters. The quantitative estimate of drug-likeness (QED) is 0.882. The van der Waals surface area contributed by atoms with E-state index in [0.29, 0.717) is 12.5 Å². The van der Waals surface area contributed by atoms with Gasteiger partial charge in [0.15, 0.2) is 0 Å². The van der Waals surface area contributed by atoms with Crippen molar-refractivity contribution in [2.45, 2.75) is 39.3 Å². The van der Waals surface area contributed by atoms with Crippen molar-refractivity contribution in [3.63, 3.8) is 0 Å². The average molecular weight is 342 g/mol. The molecule has 0 fully saturated rings. The fourth-order valence-electron chi connectivity index (χ4n) is 3.62. The lowest BCUT2D eigenvalue weighted by molar-refractivity contribution is 0.0934. The molecule has 1 amide bonds. The van der Waals surface area contributed by atoms with Crippen molar-refractivity contribution in [1.82, 2.24) is 5.32 Å². The van der Waals surface area contributed by atoms with Gasteiger partial charge in [-0.3, -0.25) is 4.79 Å². The molecular formula is C19H22N2O2S. The highest BCUT2D eigenvalue weighted by atomic mass is 32.1. The molecule has 2 atom stereocenters. The Morgan fingerprint density at radius 1 is 1.29 bits per heavy atom. The molecule has 4 nitrogen and oxygen atoms in total. The van der Waals surface area contributed by atoms with Crippen LogP contribution < -0.4 is 15.4 Å². The second kappa shape index (κ2) is 6.13. The minimum absolute atomic E-state index is 0.0344. The van der Waals surface area contributed by atoms with Crippen LogP contribution in [0.5, 0.6) is 5.75 Å². The first kappa shape index (κ1) is 15.5. The summed E-state index contributed by atoms with van der Waals surface area (Å²) >= 11 is 1.75. The summed E-state index contributed by atoms with van der Waals surface area (Å²) in [6, 6.07) is 7.88. The number of benzene rings is 1. The Morgan fingerprint density at radius 3 is 2.96 bits per heavy atom. The van der Waals surface area contributed by atoms with Gasteiger partial charge in [-0.2, -0.15) is 0 Å². The summed E-state index contributed by atoms with van der Waals surface area (Å²) in [6.07, 6.45) is 3.02.